The minimum Gasteiger partial charge on any atom is -0.340 e. The van der Waals surface area contributed by atoms with Crippen molar-refractivity contribution in [1.82, 2.24) is 14.7 Å². The molecule has 2 fully saturated rings. The molecule has 2 atom stereocenters. The molecule has 2 unspecified atom stereocenters. The number of carbonyl (C=O) groups excluding carboxylic acids is 2. The van der Waals surface area contributed by atoms with Crippen molar-refractivity contribution in [1.29, 1.82) is 0 Å². The summed E-state index contributed by atoms with van der Waals surface area (Å²) in [7, 11) is 0. The standard InChI is InChI=1S/C18H33N3O2/c1-4-7-15(2)18(23)20-12-10-19(11-13-20)14-17(22)21-9-6-5-8-16(21)3/h15-16H,4-14H2,1-3H3. The Bertz CT molecular complexity index is 405. The molecule has 0 aromatic rings. The first-order valence-electron chi connectivity index (χ1n) is 9.33. The van der Waals surface area contributed by atoms with Gasteiger partial charge in [0.15, 0.2) is 0 Å². The van der Waals surface area contributed by atoms with Gasteiger partial charge in [-0.2, -0.15) is 0 Å². The summed E-state index contributed by atoms with van der Waals surface area (Å²) in [6, 6.07) is 0.383. The summed E-state index contributed by atoms with van der Waals surface area (Å²) >= 11 is 0. The Labute approximate surface area is 141 Å². The Morgan fingerprint density at radius 1 is 1.09 bits per heavy atom. The van der Waals surface area contributed by atoms with Gasteiger partial charge in [0, 0.05) is 44.7 Å². The highest BCUT2D eigenvalue weighted by atomic mass is 16.2. The fourth-order valence-corrected chi connectivity index (χ4v) is 3.75. The zero-order valence-corrected chi connectivity index (χ0v) is 15.1. The molecule has 0 N–H and O–H groups in total. The fourth-order valence-electron chi connectivity index (χ4n) is 3.75. The minimum atomic E-state index is 0.127. The number of rotatable bonds is 5. The van der Waals surface area contributed by atoms with E-state index >= 15 is 0 Å². The number of nitrogens with zero attached hydrogens (tertiary/aromatic N) is 3. The zero-order chi connectivity index (χ0) is 16.8. The van der Waals surface area contributed by atoms with E-state index in [-0.39, 0.29) is 17.7 Å². The quantitative estimate of drug-likeness (QED) is 0.777. The Morgan fingerprint density at radius 3 is 2.39 bits per heavy atom. The lowest BCUT2D eigenvalue weighted by atomic mass is 10.0. The normalized spacial score (nSPS) is 24.6. The summed E-state index contributed by atoms with van der Waals surface area (Å²) < 4.78 is 0. The van der Waals surface area contributed by atoms with Crippen LogP contribution in [0.3, 0.4) is 0 Å². The molecule has 23 heavy (non-hydrogen) atoms. The van der Waals surface area contributed by atoms with Crippen LogP contribution >= 0.6 is 0 Å². The van der Waals surface area contributed by atoms with Crippen LogP contribution in [0.15, 0.2) is 0 Å². The Hall–Kier alpha value is -1.10. The van der Waals surface area contributed by atoms with E-state index in [1.165, 1.54) is 6.42 Å². The minimum absolute atomic E-state index is 0.127. The van der Waals surface area contributed by atoms with Crippen LogP contribution in [0, 0.1) is 5.92 Å². The molecule has 2 aliphatic rings. The first-order chi connectivity index (χ1) is 11.0. The van der Waals surface area contributed by atoms with Crippen molar-refractivity contribution >= 4 is 11.8 Å². The molecular weight excluding hydrogens is 290 g/mol. The van der Waals surface area contributed by atoms with Gasteiger partial charge >= 0.3 is 0 Å². The summed E-state index contributed by atoms with van der Waals surface area (Å²) in [5, 5.41) is 0. The summed E-state index contributed by atoms with van der Waals surface area (Å²) in [4.78, 5) is 31.1. The van der Waals surface area contributed by atoms with E-state index in [9.17, 15) is 9.59 Å². The smallest absolute Gasteiger partial charge is 0.236 e. The molecule has 2 aliphatic heterocycles. The lowest BCUT2D eigenvalue weighted by molar-refractivity contribution is -0.139. The largest absolute Gasteiger partial charge is 0.340 e. The van der Waals surface area contributed by atoms with Gasteiger partial charge in [-0.3, -0.25) is 14.5 Å². The summed E-state index contributed by atoms with van der Waals surface area (Å²) in [6.07, 6.45) is 5.51. The SMILES string of the molecule is CCCC(C)C(=O)N1CCN(CC(=O)N2CCCCC2C)CC1. The van der Waals surface area contributed by atoms with Gasteiger partial charge in [-0.15, -0.1) is 0 Å². The van der Waals surface area contributed by atoms with Gasteiger partial charge in [0.25, 0.3) is 0 Å². The number of carbonyl (C=O) groups is 2. The molecular formula is C18H33N3O2. The van der Waals surface area contributed by atoms with E-state index in [0.717, 1.165) is 58.4 Å². The molecule has 0 spiro atoms. The lowest BCUT2D eigenvalue weighted by Crippen LogP contribution is -2.53. The highest BCUT2D eigenvalue weighted by Gasteiger charge is 2.28. The highest BCUT2D eigenvalue weighted by molar-refractivity contribution is 5.79. The van der Waals surface area contributed by atoms with E-state index in [0.29, 0.717) is 12.6 Å². The van der Waals surface area contributed by atoms with Crippen LogP contribution in [0.4, 0.5) is 0 Å². The molecule has 2 amide bonds. The number of likely N-dealkylation sites (tertiary alicyclic amines) is 1. The van der Waals surface area contributed by atoms with Crippen LogP contribution in [-0.2, 0) is 9.59 Å². The Morgan fingerprint density at radius 2 is 1.78 bits per heavy atom. The molecule has 0 bridgehead atoms. The van der Waals surface area contributed by atoms with Crippen molar-refractivity contribution in [2.75, 3.05) is 39.3 Å². The first-order valence-corrected chi connectivity index (χ1v) is 9.33. The Kier molecular flexibility index (Phi) is 6.88. The van der Waals surface area contributed by atoms with Crippen molar-refractivity contribution in [2.24, 2.45) is 5.92 Å². The first kappa shape index (κ1) is 18.2. The zero-order valence-electron chi connectivity index (χ0n) is 15.1. The average molecular weight is 323 g/mol. The van der Waals surface area contributed by atoms with E-state index < -0.39 is 0 Å². The van der Waals surface area contributed by atoms with Crippen LogP contribution in [0.5, 0.6) is 0 Å². The second kappa shape index (κ2) is 8.67. The summed E-state index contributed by atoms with van der Waals surface area (Å²) in [6.45, 7) is 10.9. The maximum atomic E-state index is 12.5. The molecule has 5 heteroatoms. The predicted molar refractivity (Wildman–Crippen MR) is 92.1 cm³/mol. The Balaban J connectivity index is 1.76. The molecule has 0 aromatic carbocycles. The third-order valence-corrected chi connectivity index (χ3v) is 5.31. The molecule has 132 valence electrons. The number of amides is 2. The molecule has 5 nitrogen and oxygen atoms in total. The molecule has 2 saturated heterocycles. The van der Waals surface area contributed by atoms with Crippen molar-refractivity contribution in [3.63, 3.8) is 0 Å². The van der Waals surface area contributed by atoms with E-state index in [1.807, 2.05) is 16.7 Å². The van der Waals surface area contributed by atoms with E-state index in [1.54, 1.807) is 0 Å². The van der Waals surface area contributed by atoms with Gasteiger partial charge in [-0.25, -0.2) is 0 Å². The summed E-state index contributed by atoms with van der Waals surface area (Å²) in [5.41, 5.74) is 0. The maximum absolute atomic E-state index is 12.5. The average Bonchev–Trinajstić information content (AvgIpc) is 2.55. The van der Waals surface area contributed by atoms with Gasteiger partial charge in [0.2, 0.25) is 11.8 Å². The second-order valence-electron chi connectivity index (χ2n) is 7.22. The topological polar surface area (TPSA) is 43.9 Å². The third kappa shape index (κ3) is 4.93. The number of hydrogen-bond acceptors (Lipinski definition) is 3. The molecule has 0 aliphatic carbocycles. The van der Waals surface area contributed by atoms with Crippen molar-refractivity contribution in [3.8, 4) is 0 Å². The van der Waals surface area contributed by atoms with Crippen LogP contribution < -0.4 is 0 Å². The molecule has 0 saturated carbocycles. The van der Waals surface area contributed by atoms with Gasteiger partial charge in [-0.1, -0.05) is 20.3 Å². The number of hydrogen-bond donors (Lipinski definition) is 0. The molecule has 2 rings (SSSR count). The van der Waals surface area contributed by atoms with Crippen molar-refractivity contribution in [2.45, 2.75) is 58.9 Å². The van der Waals surface area contributed by atoms with E-state index in [2.05, 4.69) is 18.7 Å². The molecule has 0 radical (unpaired) electrons. The molecule has 2 heterocycles. The van der Waals surface area contributed by atoms with Gasteiger partial charge in [0.05, 0.1) is 6.54 Å². The number of piperazine rings is 1. The van der Waals surface area contributed by atoms with Crippen molar-refractivity contribution < 1.29 is 9.59 Å². The number of piperidine rings is 1. The van der Waals surface area contributed by atoms with Gasteiger partial charge in [0.1, 0.15) is 0 Å². The van der Waals surface area contributed by atoms with Crippen LogP contribution in [0.2, 0.25) is 0 Å². The lowest BCUT2D eigenvalue weighted by Gasteiger charge is -2.38. The predicted octanol–water partition coefficient (Wildman–Crippen LogP) is 1.97. The van der Waals surface area contributed by atoms with E-state index in [4.69, 9.17) is 0 Å². The molecule has 0 aromatic heterocycles. The van der Waals surface area contributed by atoms with Crippen LogP contribution in [-0.4, -0.2) is 71.8 Å². The maximum Gasteiger partial charge on any atom is 0.236 e. The fraction of sp³-hybridized carbons (Fsp3) is 0.889. The van der Waals surface area contributed by atoms with Gasteiger partial charge in [-0.05, 0) is 32.6 Å². The highest BCUT2D eigenvalue weighted by Crippen LogP contribution is 2.17. The van der Waals surface area contributed by atoms with Crippen molar-refractivity contribution in [3.05, 3.63) is 0 Å². The van der Waals surface area contributed by atoms with Crippen LogP contribution in [0.1, 0.15) is 52.9 Å². The van der Waals surface area contributed by atoms with Gasteiger partial charge < -0.3 is 9.80 Å². The van der Waals surface area contributed by atoms with Crippen LogP contribution in [0.25, 0.3) is 0 Å². The summed E-state index contributed by atoms with van der Waals surface area (Å²) in [5.74, 6) is 0.668. The third-order valence-electron chi connectivity index (χ3n) is 5.31. The monoisotopic (exact) mass is 323 g/mol. The second-order valence-corrected chi connectivity index (χ2v) is 7.22.